The number of imide groups is 1. The summed E-state index contributed by atoms with van der Waals surface area (Å²) in [4.78, 5) is 37.7. The molecule has 4 rings (SSSR count). The highest BCUT2D eigenvalue weighted by Crippen LogP contribution is 2.40. The third-order valence-electron chi connectivity index (χ3n) is 5.48. The number of benzene rings is 3. The molecule has 10 nitrogen and oxygen atoms in total. The Hall–Kier alpha value is -3.52. The van der Waals surface area contributed by atoms with Crippen molar-refractivity contribution in [1.82, 2.24) is 4.90 Å². The number of hydrogen-bond acceptors (Lipinski definition) is 9. The fraction of sp³-hybridized carbons (Fsp3) is 0.148. The van der Waals surface area contributed by atoms with Crippen LogP contribution in [-0.4, -0.2) is 50.6 Å². The Morgan fingerprint density at radius 1 is 1.10 bits per heavy atom. The number of carbonyl (C=O) groups is 3. The van der Waals surface area contributed by atoms with Gasteiger partial charge in [0.15, 0.2) is 11.5 Å². The summed E-state index contributed by atoms with van der Waals surface area (Å²) in [5.74, 6) is -0.262. The number of amides is 3. The van der Waals surface area contributed by atoms with Crippen LogP contribution in [0.2, 0.25) is 5.02 Å². The second kappa shape index (κ2) is 13.0. The lowest BCUT2D eigenvalue weighted by Crippen LogP contribution is -2.32. The molecule has 0 saturated carbocycles. The van der Waals surface area contributed by atoms with Crippen molar-refractivity contribution in [3.05, 3.63) is 80.6 Å². The third kappa shape index (κ3) is 7.61. The summed E-state index contributed by atoms with van der Waals surface area (Å²) in [5, 5.41) is 2.68. The van der Waals surface area contributed by atoms with Gasteiger partial charge in [-0.2, -0.15) is 8.42 Å². The lowest BCUT2D eigenvalue weighted by atomic mass is 10.2. The molecule has 0 radical (unpaired) electrons. The van der Waals surface area contributed by atoms with E-state index in [1.54, 1.807) is 24.3 Å². The normalized spacial score (nSPS) is 14.3. The maximum Gasteiger partial charge on any atom is 0.339 e. The lowest BCUT2D eigenvalue weighted by Gasteiger charge is -2.14. The van der Waals surface area contributed by atoms with Gasteiger partial charge in [0.1, 0.15) is 17.3 Å². The number of thioether (sulfide) groups is 1. The van der Waals surface area contributed by atoms with Crippen molar-refractivity contribution < 1.29 is 36.5 Å². The minimum absolute atomic E-state index is 0.0497. The van der Waals surface area contributed by atoms with Gasteiger partial charge >= 0.3 is 10.1 Å². The van der Waals surface area contributed by atoms with E-state index >= 15 is 0 Å². The van der Waals surface area contributed by atoms with Gasteiger partial charge in [-0.1, -0.05) is 11.6 Å². The standard InChI is InChI=1S/C27H22BrClN2O8S2/c1-16(32)30-19-5-9-21(10-6-19)41(35,36)39-25-22(28)13-17(14-23(25)37-2)15-24-26(33)31(27(34)40-24)11-12-38-20-7-3-18(29)4-8-20/h3-10,13-15H,11-12H2,1-2H3,(H,30,32)/b24-15-. The Balaban J connectivity index is 1.48. The Bertz CT molecular complexity index is 1630. The summed E-state index contributed by atoms with van der Waals surface area (Å²) in [6, 6.07) is 15.2. The van der Waals surface area contributed by atoms with Crippen molar-refractivity contribution in [1.29, 1.82) is 0 Å². The van der Waals surface area contributed by atoms with Crippen molar-refractivity contribution in [2.24, 2.45) is 0 Å². The molecule has 0 spiro atoms. The fourth-order valence-corrected chi connectivity index (χ4v) is 6.20. The van der Waals surface area contributed by atoms with E-state index in [4.69, 9.17) is 25.3 Å². The zero-order chi connectivity index (χ0) is 29.7. The first-order valence-corrected chi connectivity index (χ1v) is 15.2. The molecule has 14 heteroatoms. The minimum Gasteiger partial charge on any atom is -0.493 e. The Kier molecular flexibility index (Phi) is 9.64. The number of rotatable bonds is 10. The number of anilines is 1. The molecular formula is C27H22BrClN2O8S2. The van der Waals surface area contributed by atoms with Crippen molar-refractivity contribution in [2.75, 3.05) is 25.6 Å². The molecule has 0 aliphatic carbocycles. The number of methoxy groups -OCH3 is 1. The highest BCUT2D eigenvalue weighted by Gasteiger charge is 2.35. The van der Waals surface area contributed by atoms with Gasteiger partial charge in [-0.3, -0.25) is 19.3 Å². The smallest absolute Gasteiger partial charge is 0.339 e. The molecule has 214 valence electrons. The molecule has 3 amide bonds. The van der Waals surface area contributed by atoms with Crippen LogP contribution in [0.15, 0.2) is 74.9 Å². The van der Waals surface area contributed by atoms with E-state index in [0.29, 0.717) is 22.0 Å². The van der Waals surface area contributed by atoms with Gasteiger partial charge in [-0.25, -0.2) is 0 Å². The summed E-state index contributed by atoms with van der Waals surface area (Å²) in [6.45, 7) is 1.49. The van der Waals surface area contributed by atoms with Crippen LogP contribution in [-0.2, 0) is 19.7 Å². The highest BCUT2D eigenvalue weighted by molar-refractivity contribution is 9.10. The Morgan fingerprint density at radius 3 is 2.41 bits per heavy atom. The van der Waals surface area contributed by atoms with Crippen molar-refractivity contribution in [3.8, 4) is 17.2 Å². The molecule has 1 saturated heterocycles. The topological polar surface area (TPSA) is 128 Å². The van der Waals surface area contributed by atoms with Crippen LogP contribution in [0.1, 0.15) is 12.5 Å². The van der Waals surface area contributed by atoms with Crippen molar-refractivity contribution in [3.63, 3.8) is 0 Å². The summed E-state index contributed by atoms with van der Waals surface area (Å²) in [5.41, 5.74) is 0.888. The monoisotopic (exact) mass is 680 g/mol. The van der Waals surface area contributed by atoms with Gasteiger partial charge in [-0.15, -0.1) is 0 Å². The molecule has 1 N–H and O–H groups in total. The largest absolute Gasteiger partial charge is 0.493 e. The SMILES string of the molecule is COc1cc(/C=C2\SC(=O)N(CCOc3ccc(Cl)cc3)C2=O)cc(Br)c1OS(=O)(=O)c1ccc(NC(C)=O)cc1. The van der Waals surface area contributed by atoms with Gasteiger partial charge < -0.3 is 19.0 Å². The van der Waals surface area contributed by atoms with E-state index in [1.807, 2.05) is 0 Å². The van der Waals surface area contributed by atoms with Gasteiger partial charge in [-0.05, 0) is 100.0 Å². The van der Waals surface area contributed by atoms with Gasteiger partial charge in [0.25, 0.3) is 11.1 Å². The molecule has 3 aromatic rings. The summed E-state index contributed by atoms with van der Waals surface area (Å²) >= 11 is 9.95. The van der Waals surface area contributed by atoms with Crippen molar-refractivity contribution >= 4 is 78.2 Å². The zero-order valence-electron chi connectivity index (χ0n) is 21.6. The number of carbonyl (C=O) groups excluding carboxylic acids is 3. The maximum atomic E-state index is 12.9. The van der Waals surface area contributed by atoms with E-state index in [1.165, 1.54) is 56.5 Å². The number of ether oxygens (including phenoxy) is 2. The highest BCUT2D eigenvalue weighted by atomic mass is 79.9. The van der Waals surface area contributed by atoms with E-state index in [2.05, 4.69) is 21.2 Å². The second-order valence-electron chi connectivity index (χ2n) is 8.41. The molecular weight excluding hydrogens is 660 g/mol. The first-order chi connectivity index (χ1) is 19.5. The summed E-state index contributed by atoms with van der Waals surface area (Å²) in [7, 11) is -2.93. The van der Waals surface area contributed by atoms with Crippen LogP contribution in [0.4, 0.5) is 10.5 Å². The van der Waals surface area contributed by atoms with E-state index in [0.717, 1.165) is 16.7 Å². The maximum absolute atomic E-state index is 12.9. The third-order valence-corrected chi connectivity index (χ3v) is 8.46. The molecule has 41 heavy (non-hydrogen) atoms. The van der Waals surface area contributed by atoms with Crippen molar-refractivity contribution in [2.45, 2.75) is 11.8 Å². The van der Waals surface area contributed by atoms with E-state index in [9.17, 15) is 22.8 Å². The Morgan fingerprint density at radius 2 is 1.78 bits per heavy atom. The predicted molar refractivity (Wildman–Crippen MR) is 159 cm³/mol. The zero-order valence-corrected chi connectivity index (χ0v) is 25.5. The first-order valence-electron chi connectivity index (χ1n) is 11.8. The van der Waals surface area contributed by atoms with Crippen LogP contribution in [0, 0.1) is 0 Å². The number of halogens is 2. The first kappa shape index (κ1) is 30.4. The van der Waals surface area contributed by atoms with Gasteiger partial charge in [0.05, 0.1) is 23.0 Å². The number of nitrogens with zero attached hydrogens (tertiary/aromatic N) is 1. The van der Waals surface area contributed by atoms with E-state index < -0.39 is 21.3 Å². The lowest BCUT2D eigenvalue weighted by molar-refractivity contribution is -0.123. The van der Waals surface area contributed by atoms with Crippen LogP contribution >= 0.6 is 39.3 Å². The van der Waals surface area contributed by atoms with Gasteiger partial charge in [0.2, 0.25) is 5.91 Å². The molecule has 0 aromatic heterocycles. The fourth-order valence-electron chi connectivity index (χ4n) is 3.60. The van der Waals surface area contributed by atoms with Crippen LogP contribution in [0.25, 0.3) is 6.08 Å². The summed E-state index contributed by atoms with van der Waals surface area (Å²) in [6.07, 6.45) is 1.50. The molecule has 1 aliphatic heterocycles. The second-order valence-corrected chi connectivity index (χ2v) is 12.2. The molecule has 0 unspecified atom stereocenters. The predicted octanol–water partition coefficient (Wildman–Crippen LogP) is 5.95. The number of hydrogen-bond donors (Lipinski definition) is 1. The Labute approximate surface area is 253 Å². The van der Waals surface area contributed by atoms with Crippen LogP contribution < -0.4 is 19.0 Å². The minimum atomic E-state index is -4.27. The van der Waals surface area contributed by atoms with Crippen LogP contribution in [0.5, 0.6) is 17.2 Å². The average Bonchev–Trinajstić information content (AvgIpc) is 3.18. The summed E-state index contributed by atoms with van der Waals surface area (Å²) < 4.78 is 42.4. The average molecular weight is 682 g/mol. The number of nitrogens with one attached hydrogen (secondary N) is 1. The molecule has 1 aliphatic rings. The molecule has 0 bridgehead atoms. The van der Waals surface area contributed by atoms with E-state index in [-0.39, 0.29) is 44.8 Å². The molecule has 1 heterocycles. The van der Waals surface area contributed by atoms with Crippen LogP contribution in [0.3, 0.4) is 0 Å². The quantitative estimate of drug-likeness (QED) is 0.204. The molecule has 3 aromatic carbocycles. The molecule has 0 atom stereocenters. The van der Waals surface area contributed by atoms with Gasteiger partial charge in [0, 0.05) is 17.6 Å². The molecule has 1 fully saturated rings.